The van der Waals surface area contributed by atoms with Crippen LogP contribution in [0, 0.1) is 5.92 Å². The van der Waals surface area contributed by atoms with E-state index in [9.17, 15) is 4.79 Å². The van der Waals surface area contributed by atoms with Gasteiger partial charge in [0.25, 0.3) is 0 Å². The van der Waals surface area contributed by atoms with Crippen molar-refractivity contribution >= 4 is 5.78 Å². The third-order valence-corrected chi connectivity index (χ3v) is 3.30. The first-order valence-electron chi connectivity index (χ1n) is 6.35. The summed E-state index contributed by atoms with van der Waals surface area (Å²) in [5, 5.41) is 0. The molecule has 0 bridgehead atoms. The third-order valence-electron chi connectivity index (χ3n) is 3.30. The second-order valence-electron chi connectivity index (χ2n) is 5.27. The summed E-state index contributed by atoms with van der Waals surface area (Å²) in [7, 11) is 0. The van der Waals surface area contributed by atoms with Crippen LogP contribution in [0.25, 0.3) is 0 Å². The first-order chi connectivity index (χ1) is 7.09. The number of ketones is 1. The molecule has 1 aliphatic rings. The van der Waals surface area contributed by atoms with Crippen LogP contribution in [0.1, 0.15) is 52.9 Å². The van der Waals surface area contributed by atoms with Gasteiger partial charge in [0.15, 0.2) is 0 Å². The molecule has 0 aromatic carbocycles. The number of hydrogen-bond donors (Lipinski definition) is 0. The molecule has 15 heavy (non-hydrogen) atoms. The summed E-state index contributed by atoms with van der Waals surface area (Å²) in [5.41, 5.74) is 0. The Hall–Kier alpha value is -0.370. The monoisotopic (exact) mass is 211 g/mol. The van der Waals surface area contributed by atoms with Gasteiger partial charge in [-0.2, -0.15) is 0 Å². The molecule has 0 aromatic rings. The predicted octanol–water partition coefficient (Wildman–Crippen LogP) is 2.87. The lowest BCUT2D eigenvalue weighted by Gasteiger charge is -2.32. The zero-order valence-corrected chi connectivity index (χ0v) is 10.5. The van der Waals surface area contributed by atoms with E-state index in [2.05, 4.69) is 25.7 Å². The average molecular weight is 211 g/mol. The maximum absolute atomic E-state index is 11.2. The van der Waals surface area contributed by atoms with E-state index >= 15 is 0 Å². The molecule has 0 aliphatic carbocycles. The van der Waals surface area contributed by atoms with E-state index in [-0.39, 0.29) is 0 Å². The standard InChI is InChI=1S/C13H25NO/c1-11(2)6-4-5-8-14-9-7-13(15)10-12(14)3/h11-12H,4-10H2,1-3H3. The molecule has 1 rings (SSSR count). The molecular weight excluding hydrogens is 186 g/mol. The van der Waals surface area contributed by atoms with Gasteiger partial charge in [0, 0.05) is 25.4 Å². The molecule has 88 valence electrons. The molecule has 0 radical (unpaired) electrons. The van der Waals surface area contributed by atoms with Crippen LogP contribution in [0.15, 0.2) is 0 Å². The maximum Gasteiger partial charge on any atom is 0.135 e. The normalized spacial score (nSPS) is 23.7. The number of nitrogens with zero attached hydrogens (tertiary/aromatic N) is 1. The summed E-state index contributed by atoms with van der Waals surface area (Å²) in [4.78, 5) is 13.7. The Morgan fingerprint density at radius 1 is 1.40 bits per heavy atom. The fourth-order valence-electron chi connectivity index (χ4n) is 2.25. The zero-order valence-electron chi connectivity index (χ0n) is 10.5. The van der Waals surface area contributed by atoms with Crippen LogP contribution in [0.2, 0.25) is 0 Å². The van der Waals surface area contributed by atoms with Crippen molar-refractivity contribution in [3.05, 3.63) is 0 Å². The number of hydrogen-bond acceptors (Lipinski definition) is 2. The van der Waals surface area contributed by atoms with Gasteiger partial charge in [-0.1, -0.05) is 26.7 Å². The summed E-state index contributed by atoms with van der Waals surface area (Å²) in [6.07, 6.45) is 5.49. The van der Waals surface area contributed by atoms with Crippen molar-refractivity contribution in [3.63, 3.8) is 0 Å². The second-order valence-corrected chi connectivity index (χ2v) is 5.27. The lowest BCUT2D eigenvalue weighted by Crippen LogP contribution is -2.41. The van der Waals surface area contributed by atoms with Gasteiger partial charge in [-0.15, -0.1) is 0 Å². The van der Waals surface area contributed by atoms with Crippen molar-refractivity contribution in [2.45, 2.75) is 58.9 Å². The van der Waals surface area contributed by atoms with Crippen LogP contribution in [-0.2, 0) is 4.79 Å². The van der Waals surface area contributed by atoms with Crippen molar-refractivity contribution in [1.82, 2.24) is 4.90 Å². The molecule has 2 heteroatoms. The van der Waals surface area contributed by atoms with Crippen LogP contribution in [0.5, 0.6) is 0 Å². The van der Waals surface area contributed by atoms with Crippen molar-refractivity contribution in [1.29, 1.82) is 0 Å². The fourth-order valence-corrected chi connectivity index (χ4v) is 2.25. The highest BCUT2D eigenvalue weighted by molar-refractivity contribution is 5.79. The molecule has 1 aliphatic heterocycles. The summed E-state index contributed by atoms with van der Waals surface area (Å²) in [6.45, 7) is 8.91. The van der Waals surface area contributed by atoms with Gasteiger partial charge in [-0.3, -0.25) is 9.69 Å². The lowest BCUT2D eigenvalue weighted by atomic mass is 10.0. The van der Waals surface area contributed by atoms with E-state index in [0.717, 1.165) is 25.3 Å². The smallest absolute Gasteiger partial charge is 0.135 e. The Morgan fingerprint density at radius 2 is 2.13 bits per heavy atom. The number of carbonyl (C=O) groups is 1. The van der Waals surface area contributed by atoms with Gasteiger partial charge < -0.3 is 0 Å². The molecule has 0 aromatic heterocycles. The van der Waals surface area contributed by atoms with Crippen LogP contribution >= 0.6 is 0 Å². The Balaban J connectivity index is 2.13. The van der Waals surface area contributed by atoms with E-state index in [0.29, 0.717) is 11.8 Å². The van der Waals surface area contributed by atoms with Crippen LogP contribution < -0.4 is 0 Å². The summed E-state index contributed by atoms with van der Waals surface area (Å²) in [5.74, 6) is 1.27. The molecular formula is C13H25NO. The highest BCUT2D eigenvalue weighted by atomic mass is 16.1. The minimum absolute atomic E-state index is 0.445. The Bertz CT molecular complexity index is 201. The minimum Gasteiger partial charge on any atom is -0.300 e. The molecule has 0 N–H and O–H groups in total. The van der Waals surface area contributed by atoms with Crippen molar-refractivity contribution < 1.29 is 4.79 Å². The summed E-state index contributed by atoms with van der Waals surface area (Å²) < 4.78 is 0. The molecule has 1 atom stereocenters. The highest BCUT2D eigenvalue weighted by Crippen LogP contribution is 2.15. The second kappa shape index (κ2) is 6.26. The minimum atomic E-state index is 0.445. The number of rotatable bonds is 5. The lowest BCUT2D eigenvalue weighted by molar-refractivity contribution is -0.122. The third kappa shape index (κ3) is 4.78. The number of likely N-dealkylation sites (tertiary alicyclic amines) is 1. The number of carbonyl (C=O) groups excluding carboxylic acids is 1. The first kappa shape index (κ1) is 12.7. The van der Waals surface area contributed by atoms with Crippen molar-refractivity contribution in [2.75, 3.05) is 13.1 Å². The van der Waals surface area contributed by atoms with E-state index in [4.69, 9.17) is 0 Å². The van der Waals surface area contributed by atoms with Gasteiger partial charge in [0.05, 0.1) is 0 Å². The van der Waals surface area contributed by atoms with Gasteiger partial charge in [0.2, 0.25) is 0 Å². The quantitative estimate of drug-likeness (QED) is 0.652. The predicted molar refractivity (Wildman–Crippen MR) is 64.0 cm³/mol. The Labute approximate surface area is 94.0 Å². The van der Waals surface area contributed by atoms with Gasteiger partial charge in [0.1, 0.15) is 5.78 Å². The van der Waals surface area contributed by atoms with E-state index < -0.39 is 0 Å². The number of Topliss-reactive ketones (excluding diaryl/α,β-unsaturated/α-hetero) is 1. The maximum atomic E-state index is 11.2. The van der Waals surface area contributed by atoms with Crippen LogP contribution in [-0.4, -0.2) is 29.8 Å². The molecule has 0 spiro atoms. The molecule has 1 heterocycles. The van der Waals surface area contributed by atoms with E-state index in [1.54, 1.807) is 0 Å². The largest absolute Gasteiger partial charge is 0.300 e. The van der Waals surface area contributed by atoms with Gasteiger partial charge in [-0.25, -0.2) is 0 Å². The SMILES string of the molecule is CC(C)CCCCN1CCC(=O)CC1C. The highest BCUT2D eigenvalue weighted by Gasteiger charge is 2.22. The van der Waals surface area contributed by atoms with Crippen molar-refractivity contribution in [2.24, 2.45) is 5.92 Å². The van der Waals surface area contributed by atoms with Gasteiger partial charge in [-0.05, 0) is 25.8 Å². The van der Waals surface area contributed by atoms with E-state index in [1.165, 1.54) is 25.8 Å². The first-order valence-corrected chi connectivity index (χ1v) is 6.35. The molecule has 1 unspecified atom stereocenters. The molecule has 1 saturated heterocycles. The van der Waals surface area contributed by atoms with Crippen molar-refractivity contribution in [3.8, 4) is 0 Å². The fraction of sp³-hybridized carbons (Fsp3) is 0.923. The molecule has 1 fully saturated rings. The molecule has 0 amide bonds. The Kier molecular flexibility index (Phi) is 5.30. The summed E-state index contributed by atoms with van der Waals surface area (Å²) in [6, 6.07) is 0.477. The van der Waals surface area contributed by atoms with Crippen LogP contribution in [0.3, 0.4) is 0 Å². The molecule has 0 saturated carbocycles. The van der Waals surface area contributed by atoms with Crippen LogP contribution in [0.4, 0.5) is 0 Å². The zero-order chi connectivity index (χ0) is 11.3. The summed E-state index contributed by atoms with van der Waals surface area (Å²) >= 11 is 0. The van der Waals surface area contributed by atoms with Gasteiger partial charge >= 0.3 is 0 Å². The topological polar surface area (TPSA) is 20.3 Å². The average Bonchev–Trinajstić information content (AvgIpc) is 2.14. The molecule has 2 nitrogen and oxygen atoms in total. The Morgan fingerprint density at radius 3 is 2.73 bits per heavy atom. The number of piperidine rings is 1. The van der Waals surface area contributed by atoms with E-state index in [1.807, 2.05) is 0 Å². The number of unbranched alkanes of at least 4 members (excludes halogenated alkanes) is 1.